The van der Waals surface area contributed by atoms with E-state index in [0.29, 0.717) is 22.6 Å². The molecule has 0 aliphatic rings. The second-order valence-electron chi connectivity index (χ2n) is 5.10. The highest BCUT2D eigenvalue weighted by molar-refractivity contribution is 5.84. The summed E-state index contributed by atoms with van der Waals surface area (Å²) in [5.41, 5.74) is 1.97. The third-order valence-electron chi connectivity index (χ3n) is 3.77. The largest absolute Gasteiger partial charge is 0.496 e. The van der Waals surface area contributed by atoms with Gasteiger partial charge in [-0.25, -0.2) is 8.78 Å². The number of methoxy groups -OCH3 is 2. The average molecular weight is 325 g/mol. The predicted molar refractivity (Wildman–Crippen MR) is 89.2 cm³/mol. The van der Waals surface area contributed by atoms with Gasteiger partial charge >= 0.3 is 0 Å². The lowest BCUT2D eigenvalue weighted by Crippen LogP contribution is -1.96. The van der Waals surface area contributed by atoms with Crippen LogP contribution in [0.5, 0.6) is 11.5 Å². The molecule has 0 amide bonds. The SMILES string of the molecule is COc1ccccc1-c1[c]ccc(-c2cccc(F)c2F)c1OC. The molecule has 0 atom stereocenters. The maximum absolute atomic E-state index is 14.2. The lowest BCUT2D eigenvalue weighted by atomic mass is 9.96. The zero-order valence-corrected chi connectivity index (χ0v) is 13.3. The van der Waals surface area contributed by atoms with Crippen molar-refractivity contribution in [3.8, 4) is 33.8 Å². The Kier molecular flexibility index (Phi) is 4.47. The van der Waals surface area contributed by atoms with Crippen LogP contribution in [0.4, 0.5) is 8.78 Å². The van der Waals surface area contributed by atoms with E-state index < -0.39 is 11.6 Å². The van der Waals surface area contributed by atoms with Gasteiger partial charge in [-0.2, -0.15) is 0 Å². The highest BCUT2D eigenvalue weighted by Gasteiger charge is 2.18. The van der Waals surface area contributed by atoms with Crippen LogP contribution in [-0.4, -0.2) is 14.2 Å². The van der Waals surface area contributed by atoms with Gasteiger partial charge in [0.05, 0.1) is 14.2 Å². The molecule has 0 aliphatic carbocycles. The molecule has 0 spiro atoms. The Hall–Kier alpha value is -2.88. The van der Waals surface area contributed by atoms with Crippen molar-refractivity contribution < 1.29 is 18.3 Å². The summed E-state index contributed by atoms with van der Waals surface area (Å²) < 4.78 is 38.7. The molecule has 3 aromatic rings. The van der Waals surface area contributed by atoms with Crippen molar-refractivity contribution >= 4 is 0 Å². The molecule has 0 fully saturated rings. The van der Waals surface area contributed by atoms with Crippen LogP contribution < -0.4 is 9.47 Å². The second-order valence-corrected chi connectivity index (χ2v) is 5.10. The van der Waals surface area contributed by atoms with E-state index in [-0.39, 0.29) is 5.56 Å². The van der Waals surface area contributed by atoms with E-state index in [1.165, 1.54) is 19.2 Å². The summed E-state index contributed by atoms with van der Waals surface area (Å²) in [7, 11) is 3.06. The highest BCUT2D eigenvalue weighted by Crippen LogP contribution is 2.42. The molecule has 0 bridgehead atoms. The van der Waals surface area contributed by atoms with E-state index in [2.05, 4.69) is 6.07 Å². The molecule has 2 nitrogen and oxygen atoms in total. The van der Waals surface area contributed by atoms with Gasteiger partial charge < -0.3 is 9.47 Å². The van der Waals surface area contributed by atoms with Crippen molar-refractivity contribution in [1.82, 2.24) is 0 Å². The van der Waals surface area contributed by atoms with Gasteiger partial charge in [-0.15, -0.1) is 0 Å². The third-order valence-corrected chi connectivity index (χ3v) is 3.77. The molecule has 0 N–H and O–H groups in total. The van der Waals surface area contributed by atoms with Crippen LogP contribution in [0.3, 0.4) is 0 Å². The summed E-state index contributed by atoms with van der Waals surface area (Å²) >= 11 is 0. The first-order valence-corrected chi connectivity index (χ1v) is 7.33. The lowest BCUT2D eigenvalue weighted by Gasteiger charge is -2.16. The number of benzene rings is 3. The van der Waals surface area contributed by atoms with Crippen LogP contribution in [0.1, 0.15) is 0 Å². The van der Waals surface area contributed by atoms with Crippen LogP contribution in [0.15, 0.2) is 54.6 Å². The molecule has 3 rings (SSSR count). The van der Waals surface area contributed by atoms with Gasteiger partial charge in [-0.3, -0.25) is 0 Å². The molecule has 3 aromatic carbocycles. The first kappa shape index (κ1) is 16.0. The molecule has 1 radical (unpaired) electrons. The molecular weight excluding hydrogens is 310 g/mol. The summed E-state index contributed by atoms with van der Waals surface area (Å²) in [4.78, 5) is 0. The minimum Gasteiger partial charge on any atom is -0.496 e. The molecule has 0 saturated heterocycles. The topological polar surface area (TPSA) is 18.5 Å². The molecule has 0 aliphatic heterocycles. The van der Waals surface area contributed by atoms with E-state index >= 15 is 0 Å². The summed E-state index contributed by atoms with van der Waals surface area (Å²) in [6.07, 6.45) is 0. The van der Waals surface area contributed by atoms with Gasteiger partial charge in [0.1, 0.15) is 11.5 Å². The van der Waals surface area contributed by atoms with Gasteiger partial charge in [-0.05, 0) is 24.3 Å². The molecule has 0 saturated carbocycles. The van der Waals surface area contributed by atoms with Crippen molar-refractivity contribution in [2.24, 2.45) is 0 Å². The molecule has 4 heteroatoms. The summed E-state index contributed by atoms with van der Waals surface area (Å²) in [5.74, 6) is -0.760. The van der Waals surface area contributed by atoms with E-state index in [4.69, 9.17) is 9.47 Å². The quantitative estimate of drug-likeness (QED) is 0.663. The number of hydrogen-bond donors (Lipinski definition) is 0. The standard InChI is InChI=1S/C20H15F2O2/c1-23-18-12-4-3-7-13(18)15-9-5-10-16(20(15)24-2)14-8-6-11-17(21)19(14)22/h3-8,10-12H,1-2H3. The molecule has 0 aromatic heterocycles. The summed E-state index contributed by atoms with van der Waals surface area (Å²) in [6.45, 7) is 0. The van der Waals surface area contributed by atoms with E-state index in [0.717, 1.165) is 11.6 Å². The van der Waals surface area contributed by atoms with Crippen LogP contribution in [-0.2, 0) is 0 Å². The highest BCUT2D eigenvalue weighted by atomic mass is 19.2. The number of rotatable bonds is 4. The van der Waals surface area contributed by atoms with Crippen LogP contribution in [0, 0.1) is 17.7 Å². The van der Waals surface area contributed by atoms with Crippen LogP contribution >= 0.6 is 0 Å². The van der Waals surface area contributed by atoms with E-state index in [1.54, 1.807) is 19.2 Å². The Morgan fingerprint density at radius 1 is 0.792 bits per heavy atom. The molecular formula is C20H15F2O2. The fourth-order valence-electron chi connectivity index (χ4n) is 2.67. The van der Waals surface area contributed by atoms with Crippen molar-refractivity contribution in [1.29, 1.82) is 0 Å². The van der Waals surface area contributed by atoms with E-state index in [1.807, 2.05) is 24.3 Å². The Morgan fingerprint density at radius 2 is 1.54 bits per heavy atom. The van der Waals surface area contributed by atoms with E-state index in [9.17, 15) is 8.78 Å². The predicted octanol–water partition coefficient (Wildman–Crippen LogP) is 5.12. The molecule has 0 heterocycles. The fourth-order valence-corrected chi connectivity index (χ4v) is 2.67. The maximum Gasteiger partial charge on any atom is 0.166 e. The van der Waals surface area contributed by atoms with Crippen molar-refractivity contribution in [2.75, 3.05) is 14.2 Å². The lowest BCUT2D eigenvalue weighted by molar-refractivity contribution is 0.411. The van der Waals surface area contributed by atoms with Gasteiger partial charge in [0.2, 0.25) is 0 Å². The third kappa shape index (κ3) is 2.71. The number of para-hydroxylation sites is 1. The zero-order valence-electron chi connectivity index (χ0n) is 13.3. The zero-order chi connectivity index (χ0) is 17.1. The van der Waals surface area contributed by atoms with Gasteiger partial charge in [0, 0.05) is 22.3 Å². The average Bonchev–Trinajstić information content (AvgIpc) is 2.63. The number of hydrogen-bond acceptors (Lipinski definition) is 2. The van der Waals surface area contributed by atoms with Gasteiger partial charge in [-0.1, -0.05) is 36.4 Å². The smallest absolute Gasteiger partial charge is 0.166 e. The molecule has 121 valence electrons. The Bertz CT molecular complexity index is 875. The fraction of sp³-hybridized carbons (Fsp3) is 0.100. The molecule has 24 heavy (non-hydrogen) atoms. The monoisotopic (exact) mass is 325 g/mol. The van der Waals surface area contributed by atoms with Crippen molar-refractivity contribution in [3.63, 3.8) is 0 Å². The Balaban J connectivity index is 2.26. The van der Waals surface area contributed by atoms with Crippen LogP contribution in [0.2, 0.25) is 0 Å². The van der Waals surface area contributed by atoms with Crippen molar-refractivity contribution in [3.05, 3.63) is 72.3 Å². The first-order valence-electron chi connectivity index (χ1n) is 7.33. The Morgan fingerprint density at radius 3 is 2.29 bits per heavy atom. The maximum atomic E-state index is 14.2. The van der Waals surface area contributed by atoms with Gasteiger partial charge in [0.25, 0.3) is 0 Å². The molecule has 0 unspecified atom stereocenters. The second kappa shape index (κ2) is 6.71. The van der Waals surface area contributed by atoms with Gasteiger partial charge in [0.15, 0.2) is 11.6 Å². The Labute approximate surface area is 139 Å². The minimum atomic E-state index is -0.909. The first-order chi connectivity index (χ1) is 11.7. The normalized spacial score (nSPS) is 10.5. The van der Waals surface area contributed by atoms with Crippen LogP contribution in [0.25, 0.3) is 22.3 Å². The summed E-state index contributed by atoms with van der Waals surface area (Å²) in [6, 6.07) is 17.9. The summed E-state index contributed by atoms with van der Waals surface area (Å²) in [5, 5.41) is 0. The number of halogens is 2. The van der Waals surface area contributed by atoms with Crippen molar-refractivity contribution in [2.45, 2.75) is 0 Å². The minimum absolute atomic E-state index is 0.136. The number of ether oxygens (including phenoxy) is 2.